The molecule has 20 heavy (non-hydrogen) atoms. The molecular weight excluding hydrogens is 252 g/mol. The minimum atomic E-state index is -0.0703. The predicted octanol–water partition coefficient (Wildman–Crippen LogP) is 4.55. The van der Waals surface area contributed by atoms with Crippen molar-refractivity contribution < 1.29 is 14.6 Å². The zero-order valence-electron chi connectivity index (χ0n) is 13.1. The van der Waals surface area contributed by atoms with Gasteiger partial charge in [0.1, 0.15) is 11.9 Å². The van der Waals surface area contributed by atoms with Crippen molar-refractivity contribution in [3.63, 3.8) is 0 Å². The van der Waals surface area contributed by atoms with E-state index in [4.69, 9.17) is 9.84 Å². The van der Waals surface area contributed by atoms with E-state index in [1.165, 1.54) is 0 Å². The average Bonchev–Trinajstić information content (AvgIpc) is 2.39. The lowest BCUT2D eigenvalue weighted by atomic mass is 10.0. The second kappa shape index (κ2) is 11.3. The van der Waals surface area contributed by atoms with E-state index >= 15 is 0 Å². The van der Waals surface area contributed by atoms with Gasteiger partial charge in [-0.1, -0.05) is 52.3 Å². The quantitative estimate of drug-likeness (QED) is 0.778. The SMILES string of the molecule is CCCC(CC(C)C)OC(=O)CC.Oc1ccccc1. The molecule has 1 atom stereocenters. The summed E-state index contributed by atoms with van der Waals surface area (Å²) in [7, 11) is 0. The first-order valence-corrected chi connectivity index (χ1v) is 7.43. The fourth-order valence-corrected chi connectivity index (χ4v) is 1.77. The summed E-state index contributed by atoms with van der Waals surface area (Å²) >= 11 is 0. The molecule has 0 aromatic heterocycles. The van der Waals surface area contributed by atoms with E-state index in [0.29, 0.717) is 18.1 Å². The summed E-state index contributed by atoms with van der Waals surface area (Å²) in [6, 6.07) is 8.71. The molecule has 3 heteroatoms. The Morgan fingerprint density at radius 1 is 1.20 bits per heavy atom. The number of esters is 1. The number of carbonyl (C=O) groups excluding carboxylic acids is 1. The van der Waals surface area contributed by atoms with Gasteiger partial charge < -0.3 is 9.84 Å². The van der Waals surface area contributed by atoms with Crippen molar-refractivity contribution in [3.8, 4) is 5.75 Å². The molecule has 0 saturated heterocycles. The molecule has 0 fully saturated rings. The first-order valence-electron chi connectivity index (χ1n) is 7.43. The highest BCUT2D eigenvalue weighted by molar-refractivity contribution is 5.69. The number of hydrogen-bond acceptors (Lipinski definition) is 3. The van der Waals surface area contributed by atoms with Crippen molar-refractivity contribution in [2.75, 3.05) is 0 Å². The number of para-hydroxylation sites is 1. The summed E-state index contributed by atoms with van der Waals surface area (Å²) < 4.78 is 5.31. The van der Waals surface area contributed by atoms with E-state index in [2.05, 4.69) is 20.8 Å². The first-order chi connectivity index (χ1) is 9.49. The largest absolute Gasteiger partial charge is 0.508 e. The molecule has 0 aliphatic rings. The van der Waals surface area contributed by atoms with Gasteiger partial charge in [0.25, 0.3) is 0 Å². The van der Waals surface area contributed by atoms with Gasteiger partial charge in [0, 0.05) is 6.42 Å². The number of aromatic hydroxyl groups is 1. The van der Waals surface area contributed by atoms with E-state index in [-0.39, 0.29) is 12.1 Å². The van der Waals surface area contributed by atoms with Gasteiger partial charge in [0.2, 0.25) is 0 Å². The van der Waals surface area contributed by atoms with Crippen LogP contribution in [0.5, 0.6) is 5.75 Å². The van der Waals surface area contributed by atoms with Gasteiger partial charge in [0.15, 0.2) is 0 Å². The van der Waals surface area contributed by atoms with E-state index < -0.39 is 0 Å². The van der Waals surface area contributed by atoms with Gasteiger partial charge in [-0.05, 0) is 30.9 Å². The molecule has 0 saturated carbocycles. The fourth-order valence-electron chi connectivity index (χ4n) is 1.77. The Labute approximate surface area is 123 Å². The summed E-state index contributed by atoms with van der Waals surface area (Å²) in [5.74, 6) is 0.850. The minimum Gasteiger partial charge on any atom is -0.508 e. The predicted molar refractivity (Wildman–Crippen MR) is 82.6 cm³/mol. The summed E-state index contributed by atoms with van der Waals surface area (Å²) in [6.07, 6.45) is 3.67. The lowest BCUT2D eigenvalue weighted by molar-refractivity contribution is -0.149. The Morgan fingerprint density at radius 2 is 1.80 bits per heavy atom. The highest BCUT2D eigenvalue weighted by Gasteiger charge is 2.13. The van der Waals surface area contributed by atoms with Gasteiger partial charge in [-0.2, -0.15) is 0 Å². The molecule has 1 N–H and O–H groups in total. The zero-order valence-corrected chi connectivity index (χ0v) is 13.1. The molecule has 1 rings (SSSR count). The number of ether oxygens (including phenoxy) is 1. The van der Waals surface area contributed by atoms with Crippen molar-refractivity contribution in [2.45, 2.75) is 59.5 Å². The number of phenolic OH excluding ortho intramolecular Hbond substituents is 1. The summed E-state index contributed by atoms with van der Waals surface area (Å²) in [4.78, 5) is 11.1. The Bertz CT molecular complexity index is 347. The van der Waals surface area contributed by atoms with Crippen LogP contribution in [0.1, 0.15) is 53.4 Å². The molecule has 0 spiro atoms. The minimum absolute atomic E-state index is 0.0703. The third-order valence-corrected chi connectivity index (χ3v) is 2.69. The maximum atomic E-state index is 11.1. The van der Waals surface area contributed by atoms with Gasteiger partial charge in [-0.25, -0.2) is 0 Å². The van der Waals surface area contributed by atoms with Crippen LogP contribution >= 0.6 is 0 Å². The molecule has 0 aliphatic heterocycles. The lowest BCUT2D eigenvalue weighted by Crippen LogP contribution is -2.19. The second-order valence-corrected chi connectivity index (χ2v) is 5.22. The molecule has 1 aromatic rings. The van der Waals surface area contributed by atoms with E-state index in [0.717, 1.165) is 19.3 Å². The van der Waals surface area contributed by atoms with Crippen molar-refractivity contribution in [1.82, 2.24) is 0 Å². The van der Waals surface area contributed by atoms with Crippen LogP contribution < -0.4 is 0 Å². The molecule has 0 heterocycles. The maximum absolute atomic E-state index is 11.1. The zero-order chi connectivity index (χ0) is 15.4. The Hall–Kier alpha value is -1.51. The number of hydrogen-bond donors (Lipinski definition) is 1. The van der Waals surface area contributed by atoms with Crippen molar-refractivity contribution in [3.05, 3.63) is 30.3 Å². The average molecular weight is 280 g/mol. The van der Waals surface area contributed by atoms with E-state index in [1.807, 2.05) is 13.0 Å². The number of phenols is 1. The van der Waals surface area contributed by atoms with Crippen molar-refractivity contribution in [1.29, 1.82) is 0 Å². The standard InChI is InChI=1S/C11H22O2.C6H6O/c1-5-7-10(8-9(3)4)13-11(12)6-2;7-6-4-2-1-3-5-6/h9-10H,5-8H2,1-4H3;1-5,7H. The van der Waals surface area contributed by atoms with Gasteiger partial charge in [-0.3, -0.25) is 4.79 Å². The lowest BCUT2D eigenvalue weighted by Gasteiger charge is -2.18. The molecule has 0 radical (unpaired) electrons. The van der Waals surface area contributed by atoms with Crippen LogP contribution in [0.25, 0.3) is 0 Å². The van der Waals surface area contributed by atoms with Gasteiger partial charge in [0.05, 0.1) is 0 Å². The third-order valence-electron chi connectivity index (χ3n) is 2.69. The summed E-state index contributed by atoms with van der Waals surface area (Å²) in [5, 5.41) is 8.63. The molecule has 1 unspecified atom stereocenters. The molecule has 114 valence electrons. The Balaban J connectivity index is 0.000000428. The van der Waals surface area contributed by atoms with E-state index in [9.17, 15) is 4.79 Å². The highest BCUT2D eigenvalue weighted by Crippen LogP contribution is 2.14. The smallest absolute Gasteiger partial charge is 0.305 e. The van der Waals surface area contributed by atoms with Crippen LogP contribution in [-0.4, -0.2) is 17.2 Å². The highest BCUT2D eigenvalue weighted by atomic mass is 16.5. The maximum Gasteiger partial charge on any atom is 0.305 e. The van der Waals surface area contributed by atoms with Crippen LogP contribution in [0.2, 0.25) is 0 Å². The van der Waals surface area contributed by atoms with Crippen LogP contribution in [0, 0.1) is 5.92 Å². The summed E-state index contributed by atoms with van der Waals surface area (Å²) in [5.41, 5.74) is 0. The van der Waals surface area contributed by atoms with Crippen LogP contribution in [-0.2, 0) is 9.53 Å². The molecular formula is C17H28O3. The Kier molecular flexibility index (Phi) is 10.5. The number of carbonyl (C=O) groups is 1. The molecule has 0 amide bonds. The summed E-state index contributed by atoms with van der Waals surface area (Å²) in [6.45, 7) is 8.26. The van der Waals surface area contributed by atoms with E-state index in [1.54, 1.807) is 24.3 Å². The van der Waals surface area contributed by atoms with Crippen molar-refractivity contribution >= 4 is 5.97 Å². The fraction of sp³-hybridized carbons (Fsp3) is 0.588. The number of rotatable bonds is 6. The van der Waals surface area contributed by atoms with Crippen LogP contribution in [0.3, 0.4) is 0 Å². The van der Waals surface area contributed by atoms with Crippen molar-refractivity contribution in [2.24, 2.45) is 5.92 Å². The number of benzene rings is 1. The van der Waals surface area contributed by atoms with Gasteiger partial charge in [-0.15, -0.1) is 0 Å². The molecule has 3 nitrogen and oxygen atoms in total. The molecule has 1 aromatic carbocycles. The van der Waals surface area contributed by atoms with Crippen LogP contribution in [0.15, 0.2) is 30.3 Å². The van der Waals surface area contributed by atoms with Crippen LogP contribution in [0.4, 0.5) is 0 Å². The second-order valence-electron chi connectivity index (χ2n) is 5.22. The third kappa shape index (κ3) is 10.4. The monoisotopic (exact) mass is 280 g/mol. The molecule has 0 aliphatic carbocycles. The first kappa shape index (κ1) is 18.5. The molecule has 0 bridgehead atoms. The Morgan fingerprint density at radius 3 is 2.15 bits per heavy atom. The topological polar surface area (TPSA) is 46.5 Å². The normalized spacial score (nSPS) is 11.4. The van der Waals surface area contributed by atoms with Gasteiger partial charge >= 0.3 is 5.97 Å².